The van der Waals surface area contributed by atoms with E-state index in [1.54, 1.807) is 18.6 Å². The van der Waals surface area contributed by atoms with Gasteiger partial charge >= 0.3 is 0 Å². The number of amides is 1. The topological polar surface area (TPSA) is 92.7 Å². The third-order valence-electron chi connectivity index (χ3n) is 5.06. The number of hydrogen-bond donors (Lipinski definition) is 2. The molecule has 1 amide bonds. The number of nitrogens with one attached hydrogen (secondary N) is 2. The molecule has 1 aromatic carbocycles. The smallest absolute Gasteiger partial charge is 0.228 e. The molecule has 0 aliphatic heterocycles. The number of fused-ring (bicyclic) bond motifs is 2. The Balaban J connectivity index is 1.55. The predicted molar refractivity (Wildman–Crippen MR) is 116 cm³/mol. The second-order valence-corrected chi connectivity index (χ2v) is 7.20. The molecule has 1 fully saturated rings. The van der Waals surface area contributed by atoms with Crippen molar-refractivity contribution in [2.75, 3.05) is 17.7 Å². The van der Waals surface area contributed by atoms with Crippen LogP contribution in [0.1, 0.15) is 24.0 Å². The van der Waals surface area contributed by atoms with Crippen LogP contribution in [0.5, 0.6) is 0 Å². The van der Waals surface area contributed by atoms with E-state index >= 15 is 0 Å². The van der Waals surface area contributed by atoms with Crippen molar-refractivity contribution in [3.8, 4) is 11.8 Å². The van der Waals surface area contributed by atoms with Crippen LogP contribution in [-0.2, 0) is 4.79 Å². The van der Waals surface area contributed by atoms with Gasteiger partial charge < -0.3 is 10.6 Å². The van der Waals surface area contributed by atoms with Crippen LogP contribution >= 0.6 is 0 Å². The molecule has 1 aliphatic rings. The minimum atomic E-state index is 0.0247. The molecule has 1 aliphatic carbocycles. The van der Waals surface area contributed by atoms with Gasteiger partial charge in [-0.2, -0.15) is 10.2 Å². The van der Waals surface area contributed by atoms with Crippen LogP contribution in [0.15, 0.2) is 48.9 Å². The second-order valence-electron chi connectivity index (χ2n) is 7.20. The van der Waals surface area contributed by atoms with E-state index in [0.717, 1.165) is 45.6 Å². The minimum absolute atomic E-state index is 0.0247. The SMILES string of the molecule is CNc1ncc(C#Cc2ccc3nnccc3c2)c2cc(NC(=O)C3CC3)ncc12. The highest BCUT2D eigenvalue weighted by Gasteiger charge is 2.29. The number of carbonyl (C=O) groups excluding carboxylic acids is 1. The average molecular weight is 394 g/mol. The van der Waals surface area contributed by atoms with Crippen molar-refractivity contribution in [3.05, 3.63) is 60.0 Å². The van der Waals surface area contributed by atoms with Gasteiger partial charge in [0.25, 0.3) is 0 Å². The number of pyridine rings is 2. The highest BCUT2D eigenvalue weighted by atomic mass is 16.2. The van der Waals surface area contributed by atoms with Gasteiger partial charge in [-0.15, -0.1) is 0 Å². The van der Waals surface area contributed by atoms with Crippen LogP contribution in [0.2, 0.25) is 0 Å². The quantitative estimate of drug-likeness (QED) is 0.518. The molecule has 7 heteroatoms. The van der Waals surface area contributed by atoms with Gasteiger partial charge in [0.2, 0.25) is 5.91 Å². The summed E-state index contributed by atoms with van der Waals surface area (Å²) in [5.74, 6) is 7.81. The largest absolute Gasteiger partial charge is 0.373 e. The van der Waals surface area contributed by atoms with Gasteiger partial charge in [0.1, 0.15) is 11.6 Å². The molecule has 5 rings (SSSR count). The average Bonchev–Trinajstić information content (AvgIpc) is 3.63. The normalized spacial score (nSPS) is 13.0. The van der Waals surface area contributed by atoms with Gasteiger partial charge in [-0.3, -0.25) is 4.79 Å². The van der Waals surface area contributed by atoms with Gasteiger partial charge in [-0.1, -0.05) is 11.8 Å². The first-order valence-electron chi connectivity index (χ1n) is 9.72. The van der Waals surface area contributed by atoms with Crippen molar-refractivity contribution in [2.24, 2.45) is 5.92 Å². The number of nitrogens with zero attached hydrogens (tertiary/aromatic N) is 4. The zero-order valence-corrected chi connectivity index (χ0v) is 16.3. The molecular weight excluding hydrogens is 376 g/mol. The van der Waals surface area contributed by atoms with Gasteiger partial charge in [0.15, 0.2) is 0 Å². The number of benzene rings is 1. The fourth-order valence-corrected chi connectivity index (χ4v) is 3.28. The van der Waals surface area contributed by atoms with E-state index < -0.39 is 0 Å². The number of rotatable bonds is 3. The van der Waals surface area contributed by atoms with Crippen molar-refractivity contribution < 1.29 is 4.79 Å². The summed E-state index contributed by atoms with van der Waals surface area (Å²) in [5.41, 5.74) is 2.47. The molecule has 1 saturated carbocycles. The van der Waals surface area contributed by atoms with Crippen LogP contribution in [0.4, 0.5) is 11.6 Å². The monoisotopic (exact) mass is 394 g/mol. The van der Waals surface area contributed by atoms with E-state index in [2.05, 4.69) is 42.6 Å². The van der Waals surface area contributed by atoms with Crippen LogP contribution in [0.3, 0.4) is 0 Å². The highest BCUT2D eigenvalue weighted by Crippen LogP contribution is 2.31. The summed E-state index contributed by atoms with van der Waals surface area (Å²) in [7, 11) is 1.81. The third kappa shape index (κ3) is 3.51. The van der Waals surface area contributed by atoms with Crippen molar-refractivity contribution >= 4 is 39.2 Å². The molecule has 0 bridgehead atoms. The highest BCUT2D eigenvalue weighted by molar-refractivity contribution is 5.99. The molecule has 0 atom stereocenters. The summed E-state index contributed by atoms with van der Waals surface area (Å²) in [6.07, 6.45) is 7.01. The van der Waals surface area contributed by atoms with Crippen molar-refractivity contribution in [2.45, 2.75) is 12.8 Å². The Morgan fingerprint density at radius 1 is 1.07 bits per heavy atom. The van der Waals surface area contributed by atoms with Crippen molar-refractivity contribution in [3.63, 3.8) is 0 Å². The maximum atomic E-state index is 12.1. The number of anilines is 2. The first kappa shape index (κ1) is 18.0. The Bertz CT molecular complexity index is 1350. The van der Waals surface area contributed by atoms with Crippen molar-refractivity contribution in [1.82, 2.24) is 20.2 Å². The predicted octanol–water partition coefficient (Wildman–Crippen LogP) is 3.36. The molecule has 2 N–H and O–H groups in total. The van der Waals surface area contributed by atoms with Crippen molar-refractivity contribution in [1.29, 1.82) is 0 Å². The molecule has 0 unspecified atom stereocenters. The van der Waals surface area contributed by atoms with Gasteiger partial charge in [0, 0.05) is 47.1 Å². The van der Waals surface area contributed by atoms with Crippen LogP contribution in [0, 0.1) is 17.8 Å². The molecule has 146 valence electrons. The molecule has 0 saturated heterocycles. The van der Waals surface area contributed by atoms with E-state index in [-0.39, 0.29) is 11.8 Å². The fraction of sp³-hybridized carbons (Fsp3) is 0.174. The maximum Gasteiger partial charge on any atom is 0.228 e. The number of carbonyl (C=O) groups is 1. The molecule has 4 aromatic rings. The summed E-state index contributed by atoms with van der Waals surface area (Å²) in [5, 5.41) is 16.7. The molecule has 3 heterocycles. The summed E-state index contributed by atoms with van der Waals surface area (Å²) in [4.78, 5) is 21.0. The Kier molecular flexibility index (Phi) is 4.45. The van der Waals surface area contributed by atoms with Crippen LogP contribution in [0.25, 0.3) is 21.7 Å². The lowest BCUT2D eigenvalue weighted by molar-refractivity contribution is -0.117. The third-order valence-corrected chi connectivity index (χ3v) is 5.06. The van der Waals surface area contributed by atoms with E-state index in [1.807, 2.05) is 37.4 Å². The lowest BCUT2D eigenvalue weighted by Crippen LogP contribution is -2.14. The Morgan fingerprint density at radius 2 is 1.97 bits per heavy atom. The fourth-order valence-electron chi connectivity index (χ4n) is 3.28. The zero-order valence-electron chi connectivity index (χ0n) is 16.3. The van der Waals surface area contributed by atoms with Crippen LogP contribution < -0.4 is 10.6 Å². The number of aromatic nitrogens is 4. The van der Waals surface area contributed by atoms with Gasteiger partial charge in [-0.25, -0.2) is 9.97 Å². The summed E-state index contributed by atoms with van der Waals surface area (Å²) < 4.78 is 0. The molecule has 3 aromatic heterocycles. The van der Waals surface area contributed by atoms with E-state index in [4.69, 9.17) is 0 Å². The maximum absolute atomic E-state index is 12.1. The molecule has 0 spiro atoms. The molecule has 30 heavy (non-hydrogen) atoms. The Hall–Kier alpha value is -4.05. The first-order chi connectivity index (χ1) is 14.7. The second kappa shape index (κ2) is 7.41. The Morgan fingerprint density at radius 3 is 2.80 bits per heavy atom. The van der Waals surface area contributed by atoms with Gasteiger partial charge in [-0.05, 0) is 43.2 Å². The summed E-state index contributed by atoms with van der Waals surface area (Å²) in [6, 6.07) is 9.58. The zero-order chi connectivity index (χ0) is 20.5. The molecule has 7 nitrogen and oxygen atoms in total. The summed E-state index contributed by atoms with van der Waals surface area (Å²) in [6.45, 7) is 0. The lowest BCUT2D eigenvalue weighted by Gasteiger charge is -2.09. The first-order valence-corrected chi connectivity index (χ1v) is 9.72. The number of hydrogen-bond acceptors (Lipinski definition) is 6. The molecular formula is C23H18N6O. The Labute approximate surface area is 173 Å². The van der Waals surface area contributed by atoms with E-state index in [9.17, 15) is 4.79 Å². The lowest BCUT2D eigenvalue weighted by atomic mass is 10.1. The van der Waals surface area contributed by atoms with Gasteiger partial charge in [0.05, 0.1) is 17.3 Å². The van der Waals surface area contributed by atoms with E-state index in [0.29, 0.717) is 11.6 Å². The van der Waals surface area contributed by atoms with Crippen LogP contribution in [-0.4, -0.2) is 33.1 Å². The summed E-state index contributed by atoms with van der Waals surface area (Å²) >= 11 is 0. The minimum Gasteiger partial charge on any atom is -0.373 e. The van der Waals surface area contributed by atoms with E-state index in [1.165, 1.54) is 0 Å². The molecule has 0 radical (unpaired) electrons. The standard InChI is InChI=1S/C23H18N6O/c1-24-22-19-13-25-21(28-23(30)15-5-6-15)11-18(19)17(12-26-22)4-2-14-3-7-20-16(10-14)8-9-27-29-20/h3,7-13,15H,5-6H2,1H3,(H,24,26)(H,25,28,30).